The maximum atomic E-state index is 12.3. The third-order valence-electron chi connectivity index (χ3n) is 5.51. The molecule has 6 nitrogen and oxygen atoms in total. The van der Waals surface area contributed by atoms with E-state index in [-0.39, 0.29) is 12.5 Å². The number of aromatic nitrogens is 2. The topological polar surface area (TPSA) is 78.4 Å². The van der Waals surface area contributed by atoms with Crippen LogP contribution in [0.1, 0.15) is 18.4 Å². The minimum Gasteiger partial charge on any atom is -0.396 e. The lowest BCUT2D eigenvalue weighted by molar-refractivity contribution is -0.111. The van der Waals surface area contributed by atoms with Crippen LogP contribution in [0, 0.1) is 5.92 Å². The Kier molecular flexibility index (Phi) is 6.69. The molecule has 1 fully saturated rings. The second-order valence-corrected chi connectivity index (χ2v) is 7.68. The van der Waals surface area contributed by atoms with E-state index in [1.807, 2.05) is 54.7 Å². The molecule has 1 aliphatic heterocycles. The standard InChI is InChI=1S/C25H26N4O2/c30-18-20-10-14-29(15-11-20)24-17-22(9-13-27-24)21-8-12-26-23(16-21)28-25(31)7-6-19-4-2-1-3-5-19/h1-9,12-13,16-17,20,30H,10-11,14-15,18H2,(H,26,28,31)/b7-6+. The van der Waals surface area contributed by atoms with E-state index in [1.54, 1.807) is 12.3 Å². The highest BCUT2D eigenvalue weighted by Gasteiger charge is 2.19. The number of carbonyl (C=O) groups excluding carboxylic acids is 1. The zero-order valence-corrected chi connectivity index (χ0v) is 17.3. The van der Waals surface area contributed by atoms with Gasteiger partial charge in [0.1, 0.15) is 11.6 Å². The Morgan fingerprint density at radius 1 is 1.03 bits per heavy atom. The van der Waals surface area contributed by atoms with Gasteiger partial charge in [0.2, 0.25) is 5.91 Å². The summed E-state index contributed by atoms with van der Waals surface area (Å²) in [6.45, 7) is 2.05. The first-order valence-electron chi connectivity index (χ1n) is 10.5. The summed E-state index contributed by atoms with van der Waals surface area (Å²) in [5.41, 5.74) is 2.95. The number of amides is 1. The fourth-order valence-corrected chi connectivity index (χ4v) is 3.70. The van der Waals surface area contributed by atoms with Crippen molar-refractivity contribution in [2.75, 3.05) is 29.9 Å². The van der Waals surface area contributed by atoms with Gasteiger partial charge in [-0.3, -0.25) is 4.79 Å². The lowest BCUT2D eigenvalue weighted by atomic mass is 9.98. The number of benzene rings is 1. The van der Waals surface area contributed by atoms with Crippen molar-refractivity contribution in [1.29, 1.82) is 0 Å². The van der Waals surface area contributed by atoms with Gasteiger partial charge in [-0.1, -0.05) is 30.3 Å². The first-order chi connectivity index (χ1) is 15.2. The van der Waals surface area contributed by atoms with Crippen LogP contribution in [0.3, 0.4) is 0 Å². The monoisotopic (exact) mass is 414 g/mol. The average molecular weight is 415 g/mol. The van der Waals surface area contributed by atoms with Crippen LogP contribution in [0.25, 0.3) is 17.2 Å². The largest absolute Gasteiger partial charge is 0.396 e. The van der Waals surface area contributed by atoms with Gasteiger partial charge in [0.05, 0.1) is 0 Å². The van der Waals surface area contributed by atoms with Gasteiger partial charge in [0.25, 0.3) is 0 Å². The van der Waals surface area contributed by atoms with E-state index in [4.69, 9.17) is 0 Å². The molecule has 2 aromatic heterocycles. The normalized spacial score (nSPS) is 14.7. The van der Waals surface area contributed by atoms with Gasteiger partial charge in [-0.25, -0.2) is 9.97 Å². The third kappa shape index (κ3) is 5.55. The predicted octanol–water partition coefficient (Wildman–Crippen LogP) is 4.00. The molecule has 3 heterocycles. The van der Waals surface area contributed by atoms with Gasteiger partial charge < -0.3 is 15.3 Å². The van der Waals surface area contributed by atoms with Gasteiger partial charge in [-0.15, -0.1) is 0 Å². The number of aliphatic hydroxyl groups excluding tert-OH is 1. The molecule has 1 aliphatic rings. The summed E-state index contributed by atoms with van der Waals surface area (Å²) < 4.78 is 0. The van der Waals surface area contributed by atoms with Gasteiger partial charge in [0, 0.05) is 38.2 Å². The number of rotatable bonds is 6. The molecule has 0 atom stereocenters. The minimum absolute atomic E-state index is 0.226. The molecule has 158 valence electrons. The summed E-state index contributed by atoms with van der Waals surface area (Å²) in [5.74, 6) is 1.60. The Bertz CT molecular complexity index is 1040. The maximum absolute atomic E-state index is 12.3. The molecular formula is C25H26N4O2. The zero-order chi connectivity index (χ0) is 21.5. The van der Waals surface area contributed by atoms with Crippen molar-refractivity contribution >= 4 is 23.6 Å². The van der Waals surface area contributed by atoms with E-state index in [9.17, 15) is 9.90 Å². The Hall–Kier alpha value is -3.51. The molecule has 0 bridgehead atoms. The fraction of sp³-hybridized carbons (Fsp3) is 0.240. The molecule has 0 aliphatic carbocycles. The van der Waals surface area contributed by atoms with E-state index in [0.29, 0.717) is 11.7 Å². The molecule has 0 spiro atoms. The van der Waals surface area contributed by atoms with Gasteiger partial charge in [-0.2, -0.15) is 0 Å². The minimum atomic E-state index is -0.226. The summed E-state index contributed by atoms with van der Waals surface area (Å²) in [6, 6.07) is 17.5. The Morgan fingerprint density at radius 3 is 2.48 bits per heavy atom. The second kappa shape index (κ2) is 10.00. The number of nitrogens with one attached hydrogen (secondary N) is 1. The third-order valence-corrected chi connectivity index (χ3v) is 5.51. The van der Waals surface area contributed by atoms with E-state index < -0.39 is 0 Å². The summed E-state index contributed by atoms with van der Waals surface area (Å²) in [5, 5.41) is 12.2. The fourth-order valence-electron chi connectivity index (χ4n) is 3.70. The summed E-state index contributed by atoms with van der Waals surface area (Å²) in [7, 11) is 0. The molecule has 0 radical (unpaired) electrons. The Balaban J connectivity index is 1.44. The molecule has 2 N–H and O–H groups in total. The van der Waals surface area contributed by atoms with Crippen LogP contribution in [-0.4, -0.2) is 40.7 Å². The molecule has 1 saturated heterocycles. The van der Waals surface area contributed by atoms with Crippen LogP contribution in [-0.2, 0) is 4.79 Å². The first kappa shape index (κ1) is 20.8. The van der Waals surface area contributed by atoms with E-state index in [0.717, 1.165) is 48.4 Å². The highest BCUT2D eigenvalue weighted by molar-refractivity contribution is 6.01. The SMILES string of the molecule is O=C(/C=C/c1ccccc1)Nc1cc(-c2ccnc(N3CCC(CO)CC3)c2)ccn1. The molecule has 1 aromatic carbocycles. The quantitative estimate of drug-likeness (QED) is 0.596. The average Bonchev–Trinajstić information content (AvgIpc) is 2.84. The van der Waals surface area contributed by atoms with E-state index in [1.165, 1.54) is 6.08 Å². The number of hydrogen-bond donors (Lipinski definition) is 2. The Labute approximate surface area is 182 Å². The van der Waals surface area contributed by atoms with Crippen LogP contribution < -0.4 is 10.2 Å². The summed E-state index contributed by atoms with van der Waals surface area (Å²) in [4.78, 5) is 23.3. The first-order valence-corrected chi connectivity index (χ1v) is 10.5. The molecule has 6 heteroatoms. The van der Waals surface area contributed by atoms with Gasteiger partial charge in [-0.05, 0) is 65.8 Å². The van der Waals surface area contributed by atoms with Crippen molar-refractivity contribution < 1.29 is 9.90 Å². The number of hydrogen-bond acceptors (Lipinski definition) is 5. The Morgan fingerprint density at radius 2 is 1.74 bits per heavy atom. The van der Waals surface area contributed by atoms with Crippen molar-refractivity contribution in [2.24, 2.45) is 5.92 Å². The number of piperidine rings is 1. The molecule has 4 rings (SSSR count). The highest BCUT2D eigenvalue weighted by Crippen LogP contribution is 2.27. The van der Waals surface area contributed by atoms with E-state index >= 15 is 0 Å². The molecule has 0 saturated carbocycles. The molecule has 3 aromatic rings. The second-order valence-electron chi connectivity index (χ2n) is 7.68. The zero-order valence-electron chi connectivity index (χ0n) is 17.3. The number of aliphatic hydroxyl groups is 1. The highest BCUT2D eigenvalue weighted by atomic mass is 16.3. The molecule has 0 unspecified atom stereocenters. The van der Waals surface area contributed by atoms with Crippen LogP contribution >= 0.6 is 0 Å². The molecule has 31 heavy (non-hydrogen) atoms. The van der Waals surface area contributed by atoms with E-state index in [2.05, 4.69) is 26.3 Å². The van der Waals surface area contributed by atoms with Crippen LogP contribution in [0.15, 0.2) is 73.1 Å². The van der Waals surface area contributed by atoms with Gasteiger partial charge in [0.15, 0.2) is 0 Å². The number of nitrogens with zero attached hydrogens (tertiary/aromatic N) is 3. The number of carbonyl (C=O) groups is 1. The smallest absolute Gasteiger partial charge is 0.249 e. The lowest BCUT2D eigenvalue weighted by Gasteiger charge is -2.32. The summed E-state index contributed by atoms with van der Waals surface area (Å²) in [6.07, 6.45) is 8.73. The van der Waals surface area contributed by atoms with Crippen LogP contribution in [0.4, 0.5) is 11.6 Å². The van der Waals surface area contributed by atoms with Gasteiger partial charge >= 0.3 is 0 Å². The molecular weight excluding hydrogens is 388 g/mol. The van der Waals surface area contributed by atoms with Crippen LogP contribution in [0.2, 0.25) is 0 Å². The van der Waals surface area contributed by atoms with Crippen molar-refractivity contribution in [1.82, 2.24) is 9.97 Å². The molecule has 1 amide bonds. The van der Waals surface area contributed by atoms with Crippen molar-refractivity contribution in [3.63, 3.8) is 0 Å². The lowest BCUT2D eigenvalue weighted by Crippen LogP contribution is -2.35. The van der Waals surface area contributed by atoms with Crippen molar-refractivity contribution in [3.8, 4) is 11.1 Å². The number of anilines is 2. The van der Waals surface area contributed by atoms with Crippen molar-refractivity contribution in [3.05, 3.63) is 78.6 Å². The predicted molar refractivity (Wildman–Crippen MR) is 124 cm³/mol. The number of pyridine rings is 2. The summed E-state index contributed by atoms with van der Waals surface area (Å²) >= 11 is 0. The van der Waals surface area contributed by atoms with Crippen LogP contribution in [0.5, 0.6) is 0 Å². The maximum Gasteiger partial charge on any atom is 0.249 e. The van der Waals surface area contributed by atoms with Crippen molar-refractivity contribution in [2.45, 2.75) is 12.8 Å².